The van der Waals surface area contributed by atoms with Crippen LogP contribution in [0.2, 0.25) is 0 Å². The molecule has 24 heteroatoms. The van der Waals surface area contributed by atoms with E-state index in [1.165, 1.54) is 19.4 Å². The van der Waals surface area contributed by atoms with Gasteiger partial charge in [0, 0.05) is 68.3 Å². The number of unbranched alkanes of at least 4 members (excludes halogenated alkanes) is 1. The van der Waals surface area contributed by atoms with Crippen molar-refractivity contribution in [1.29, 1.82) is 0 Å². The van der Waals surface area contributed by atoms with E-state index >= 15 is 0 Å². The number of benzene rings is 2. The summed E-state index contributed by atoms with van der Waals surface area (Å²) < 4.78 is 0. The first-order valence-corrected chi connectivity index (χ1v) is 25.3. The Morgan fingerprint density at radius 3 is 2.08 bits per heavy atom. The molecule has 2 aromatic heterocycles. The first-order chi connectivity index (χ1) is 36.0. The number of nitrogens with one attached hydrogen (secondary N) is 10. The average molecular weight is 1040 g/mol. The highest BCUT2D eigenvalue weighted by atomic mass is 16.2. The third-order valence-electron chi connectivity index (χ3n) is 12.6. The van der Waals surface area contributed by atoms with E-state index in [1.807, 2.05) is 31.2 Å². The van der Waals surface area contributed by atoms with Crippen LogP contribution >= 0.6 is 0 Å². The van der Waals surface area contributed by atoms with Crippen molar-refractivity contribution in [2.24, 2.45) is 22.2 Å². The molecular formula is C51H71N15O9. The van der Waals surface area contributed by atoms with Crippen LogP contribution in [0.1, 0.15) is 94.9 Å². The number of aromatic amines is 2. The Morgan fingerprint density at radius 2 is 1.40 bits per heavy atom. The molecule has 1 saturated heterocycles. The van der Waals surface area contributed by atoms with Crippen LogP contribution < -0.4 is 59.7 Å². The van der Waals surface area contributed by atoms with Gasteiger partial charge in [0.2, 0.25) is 53.2 Å². The van der Waals surface area contributed by atoms with Gasteiger partial charge in [0.1, 0.15) is 42.3 Å². The smallest absolute Gasteiger partial charge is 0.243 e. The summed E-state index contributed by atoms with van der Waals surface area (Å²) >= 11 is 0. The van der Waals surface area contributed by atoms with E-state index in [9.17, 15) is 43.2 Å². The second-order valence-corrected chi connectivity index (χ2v) is 18.6. The molecule has 75 heavy (non-hydrogen) atoms. The lowest BCUT2D eigenvalue weighted by Gasteiger charge is -2.28. The zero-order valence-corrected chi connectivity index (χ0v) is 42.4. The van der Waals surface area contributed by atoms with Crippen LogP contribution in [0.4, 0.5) is 0 Å². The quantitative estimate of drug-likeness (QED) is 0.0349. The molecule has 1 aliphatic heterocycles. The number of fused-ring (bicyclic) bond motifs is 1. The summed E-state index contributed by atoms with van der Waals surface area (Å²) in [6.07, 6.45) is 6.57. The number of hydrogen-bond acceptors (Lipinski definition) is 11. The summed E-state index contributed by atoms with van der Waals surface area (Å²) in [5, 5.41) is 22.5. The average Bonchev–Trinajstić information content (AvgIpc) is 4.05. The summed E-state index contributed by atoms with van der Waals surface area (Å²) in [7, 11) is 0. The molecule has 0 aliphatic carbocycles. The maximum Gasteiger partial charge on any atom is 0.243 e. The second-order valence-electron chi connectivity index (χ2n) is 18.6. The molecule has 0 bridgehead atoms. The molecule has 0 unspecified atom stereocenters. The van der Waals surface area contributed by atoms with Crippen LogP contribution in [0.25, 0.3) is 10.9 Å². The summed E-state index contributed by atoms with van der Waals surface area (Å²) in [6, 6.07) is 6.81. The molecule has 16 N–H and O–H groups in total. The molecule has 1 aliphatic rings. The van der Waals surface area contributed by atoms with E-state index in [0.717, 1.165) is 10.9 Å². The Kier molecular flexibility index (Phi) is 22.6. The minimum atomic E-state index is -1.56. The number of aromatic nitrogens is 3. The fraction of sp³-hybridized carbons (Fsp3) is 0.471. The van der Waals surface area contributed by atoms with Crippen LogP contribution in [0.5, 0.6) is 0 Å². The molecule has 9 amide bonds. The van der Waals surface area contributed by atoms with E-state index < -0.39 is 102 Å². The number of hydrogen-bond donors (Lipinski definition) is 13. The van der Waals surface area contributed by atoms with Gasteiger partial charge in [-0.1, -0.05) is 81.1 Å². The summed E-state index contributed by atoms with van der Waals surface area (Å²) in [6.45, 7) is 3.35. The highest BCUT2D eigenvalue weighted by molar-refractivity contribution is 5.99. The van der Waals surface area contributed by atoms with Gasteiger partial charge in [-0.15, -0.1) is 0 Å². The number of guanidine groups is 1. The van der Waals surface area contributed by atoms with Crippen molar-refractivity contribution in [3.63, 3.8) is 0 Å². The predicted molar refractivity (Wildman–Crippen MR) is 278 cm³/mol. The number of primary amides is 1. The Labute approximate surface area is 434 Å². The van der Waals surface area contributed by atoms with Gasteiger partial charge >= 0.3 is 0 Å². The lowest BCUT2D eigenvalue weighted by atomic mass is 10.0. The van der Waals surface area contributed by atoms with Gasteiger partial charge < -0.3 is 69.7 Å². The zero-order valence-electron chi connectivity index (χ0n) is 42.4. The first-order valence-electron chi connectivity index (χ1n) is 25.3. The second kappa shape index (κ2) is 29.4. The van der Waals surface area contributed by atoms with Gasteiger partial charge in [-0.05, 0) is 49.3 Å². The molecule has 0 saturated carbocycles. The monoisotopic (exact) mass is 1040 g/mol. The Morgan fingerprint density at radius 1 is 0.747 bits per heavy atom. The Hall–Kier alpha value is -8.31. The molecule has 0 spiro atoms. The summed E-state index contributed by atoms with van der Waals surface area (Å²) in [5.74, 6) is -6.96. The van der Waals surface area contributed by atoms with Crippen molar-refractivity contribution in [2.75, 3.05) is 13.1 Å². The van der Waals surface area contributed by atoms with E-state index in [2.05, 4.69) is 62.5 Å². The number of rotatable bonds is 17. The normalized spacial score (nSPS) is 21.4. The number of imidazole rings is 1. The fourth-order valence-corrected chi connectivity index (χ4v) is 8.57. The summed E-state index contributed by atoms with van der Waals surface area (Å²) in [5.41, 5.74) is 19.5. The number of nitrogens with two attached hydrogens (primary N) is 3. The molecule has 2 aromatic carbocycles. The SMILES string of the molecule is CCCC[C@H](NC(C)=O)C(=O)N[C@H]1CC(=O)NCCCCC[C@@H](C(N)=O)NC(=O)[C@H](Cc2c[nH]c3ccccc23)NC(=O)[C@H](CCCN=C(N)N)NC(=O)[C@H](Cc2ccccc2)NC(=O)[C@H](Cc2cnc[nH]2)NC1=O. The van der Waals surface area contributed by atoms with Gasteiger partial charge in [-0.2, -0.15) is 0 Å². The van der Waals surface area contributed by atoms with E-state index in [4.69, 9.17) is 17.2 Å². The molecule has 7 atom stereocenters. The summed E-state index contributed by atoms with van der Waals surface area (Å²) in [4.78, 5) is 139. The molecule has 3 heterocycles. The van der Waals surface area contributed by atoms with Crippen molar-refractivity contribution in [3.8, 4) is 0 Å². The Bertz CT molecular complexity index is 2600. The fourth-order valence-electron chi connectivity index (χ4n) is 8.57. The maximum atomic E-state index is 14.7. The van der Waals surface area contributed by atoms with E-state index in [0.29, 0.717) is 48.9 Å². The first kappa shape index (κ1) is 57.6. The number of nitrogens with zero attached hydrogens (tertiary/aromatic N) is 2. The predicted octanol–water partition coefficient (Wildman–Crippen LogP) is -0.858. The molecule has 404 valence electrons. The van der Waals surface area contributed by atoms with Crippen LogP contribution in [-0.4, -0.2) is 129 Å². The molecule has 0 radical (unpaired) electrons. The number of para-hydroxylation sites is 1. The number of carbonyl (C=O) groups excluding carboxylic acids is 9. The number of carbonyl (C=O) groups is 9. The molecule has 5 rings (SSSR count). The number of amides is 9. The lowest BCUT2D eigenvalue weighted by molar-refractivity contribution is -0.136. The molecule has 1 fully saturated rings. The van der Waals surface area contributed by atoms with Crippen molar-refractivity contribution in [3.05, 3.63) is 90.1 Å². The van der Waals surface area contributed by atoms with E-state index in [1.54, 1.807) is 36.5 Å². The van der Waals surface area contributed by atoms with Crippen LogP contribution in [0.15, 0.2) is 78.3 Å². The zero-order chi connectivity index (χ0) is 54.3. The van der Waals surface area contributed by atoms with Crippen LogP contribution in [-0.2, 0) is 62.4 Å². The van der Waals surface area contributed by atoms with Crippen LogP contribution in [0, 0.1) is 0 Å². The minimum Gasteiger partial charge on any atom is -0.370 e. The van der Waals surface area contributed by atoms with Gasteiger partial charge in [-0.3, -0.25) is 48.1 Å². The standard InChI is InChI=1S/C51H71N15O9/c1-3-4-17-37(60-30(2)67)45(70)66-42-26-43(68)56-21-12-6-9-19-36(44(52)69)61-48(73)40(24-32-27-58-35-18-11-10-16-34(32)35)64-46(71)38(20-13-22-57-51(53)54)62-47(72)39(23-31-14-7-5-8-15-31)63-49(74)41(65-50(42)75)25-33-28-55-29-59-33/h5,7-8,10-11,14-16,18,27-29,36-42,58H,3-4,6,9,12-13,17,19-26H2,1-2H3,(H2,52,69)(H,55,59)(H,56,68)(H,60,67)(H,61,73)(H,62,72)(H,63,74)(H,64,71)(H,65,75)(H,66,70)(H4,53,54,57)/t36-,37-,38-,39-,40-,41-,42-/m0/s1. The number of aliphatic imine (C=N–C) groups is 1. The highest BCUT2D eigenvalue weighted by Gasteiger charge is 2.35. The van der Waals surface area contributed by atoms with Crippen molar-refractivity contribution < 1.29 is 43.2 Å². The Balaban J connectivity index is 1.54. The third kappa shape index (κ3) is 18.9. The van der Waals surface area contributed by atoms with Crippen molar-refractivity contribution in [1.82, 2.24) is 57.5 Å². The van der Waals surface area contributed by atoms with Crippen LogP contribution in [0.3, 0.4) is 0 Å². The largest absolute Gasteiger partial charge is 0.370 e. The third-order valence-corrected chi connectivity index (χ3v) is 12.6. The van der Waals surface area contributed by atoms with Gasteiger partial charge in [0.15, 0.2) is 5.96 Å². The lowest BCUT2D eigenvalue weighted by Crippen LogP contribution is -2.61. The van der Waals surface area contributed by atoms with Gasteiger partial charge in [0.05, 0.1) is 12.7 Å². The van der Waals surface area contributed by atoms with Gasteiger partial charge in [-0.25, -0.2) is 4.98 Å². The van der Waals surface area contributed by atoms with E-state index in [-0.39, 0.29) is 64.0 Å². The molecule has 24 nitrogen and oxygen atoms in total. The van der Waals surface area contributed by atoms with Gasteiger partial charge in [0.25, 0.3) is 0 Å². The number of H-pyrrole nitrogens is 2. The highest BCUT2D eigenvalue weighted by Crippen LogP contribution is 2.20. The maximum absolute atomic E-state index is 14.7. The molecular weight excluding hydrogens is 967 g/mol. The minimum absolute atomic E-state index is 0.0448. The topological polar surface area (TPSA) is 385 Å². The van der Waals surface area contributed by atoms with Crippen molar-refractivity contribution in [2.45, 2.75) is 140 Å². The molecule has 4 aromatic rings. The van der Waals surface area contributed by atoms with Crippen molar-refractivity contribution >= 4 is 70.0 Å².